The fourth-order valence-electron chi connectivity index (χ4n) is 3.21. The first-order valence-electron chi connectivity index (χ1n) is 9.24. The molecule has 1 aliphatic heterocycles. The molecule has 1 aliphatic rings. The van der Waals surface area contributed by atoms with Gasteiger partial charge in [-0.05, 0) is 5.56 Å². The number of nitrogens with zero attached hydrogens (tertiary/aromatic N) is 4. The Labute approximate surface area is 159 Å². The highest BCUT2D eigenvalue weighted by Gasteiger charge is 2.19. The summed E-state index contributed by atoms with van der Waals surface area (Å²) in [6.45, 7) is 4.32. The molecule has 0 bridgehead atoms. The van der Waals surface area contributed by atoms with Crippen LogP contribution < -0.4 is 5.32 Å². The van der Waals surface area contributed by atoms with Gasteiger partial charge in [-0.1, -0.05) is 60.7 Å². The number of rotatable bonds is 6. The SMILES string of the molecule is c1ccc(-c2ncnc(NC(CN3CCOCC3)c3ccccc3)n2)cc1. The van der Waals surface area contributed by atoms with Crippen LogP contribution in [0.25, 0.3) is 11.4 Å². The number of ether oxygens (including phenoxy) is 1. The van der Waals surface area contributed by atoms with Crippen molar-refractivity contribution in [3.05, 3.63) is 72.6 Å². The lowest BCUT2D eigenvalue weighted by molar-refractivity contribution is 0.0360. The molecule has 0 radical (unpaired) electrons. The van der Waals surface area contributed by atoms with Gasteiger partial charge in [0.25, 0.3) is 0 Å². The Morgan fingerprint density at radius 2 is 1.63 bits per heavy atom. The van der Waals surface area contributed by atoms with Crippen molar-refractivity contribution in [1.29, 1.82) is 0 Å². The van der Waals surface area contributed by atoms with E-state index in [0.29, 0.717) is 11.8 Å². The predicted molar refractivity (Wildman–Crippen MR) is 105 cm³/mol. The highest BCUT2D eigenvalue weighted by atomic mass is 16.5. The van der Waals surface area contributed by atoms with E-state index in [4.69, 9.17) is 4.74 Å². The summed E-state index contributed by atoms with van der Waals surface area (Å²) in [5, 5.41) is 3.51. The molecular weight excluding hydrogens is 338 g/mol. The maximum absolute atomic E-state index is 5.47. The number of anilines is 1. The monoisotopic (exact) mass is 361 g/mol. The molecule has 1 atom stereocenters. The molecule has 27 heavy (non-hydrogen) atoms. The van der Waals surface area contributed by atoms with Crippen molar-refractivity contribution >= 4 is 5.95 Å². The first-order chi connectivity index (χ1) is 13.4. The number of aromatic nitrogens is 3. The summed E-state index contributed by atoms with van der Waals surface area (Å²) in [5.74, 6) is 1.26. The lowest BCUT2D eigenvalue weighted by atomic mass is 10.1. The van der Waals surface area contributed by atoms with Gasteiger partial charge in [-0.25, -0.2) is 9.97 Å². The average molecular weight is 361 g/mol. The van der Waals surface area contributed by atoms with E-state index < -0.39 is 0 Å². The van der Waals surface area contributed by atoms with Gasteiger partial charge >= 0.3 is 0 Å². The number of benzene rings is 2. The summed E-state index contributed by atoms with van der Waals surface area (Å²) in [4.78, 5) is 15.7. The molecule has 6 nitrogen and oxygen atoms in total. The van der Waals surface area contributed by atoms with E-state index in [2.05, 4.69) is 49.4 Å². The summed E-state index contributed by atoms with van der Waals surface area (Å²) in [7, 11) is 0. The summed E-state index contributed by atoms with van der Waals surface area (Å²) in [6, 6.07) is 20.5. The number of morpholine rings is 1. The second kappa shape index (κ2) is 8.70. The minimum Gasteiger partial charge on any atom is -0.379 e. The lowest BCUT2D eigenvalue weighted by Gasteiger charge is -2.31. The van der Waals surface area contributed by atoms with Crippen LogP contribution in [0, 0.1) is 0 Å². The lowest BCUT2D eigenvalue weighted by Crippen LogP contribution is -2.40. The van der Waals surface area contributed by atoms with Crippen LogP contribution in [0.15, 0.2) is 67.0 Å². The highest BCUT2D eigenvalue weighted by molar-refractivity contribution is 5.55. The van der Waals surface area contributed by atoms with Gasteiger partial charge in [-0.3, -0.25) is 4.90 Å². The van der Waals surface area contributed by atoms with Crippen molar-refractivity contribution in [2.75, 3.05) is 38.2 Å². The molecule has 0 amide bonds. The Morgan fingerprint density at radius 1 is 0.926 bits per heavy atom. The Balaban J connectivity index is 1.56. The van der Waals surface area contributed by atoms with Gasteiger partial charge in [0.2, 0.25) is 5.95 Å². The van der Waals surface area contributed by atoms with Crippen LogP contribution in [0.5, 0.6) is 0 Å². The number of nitrogens with one attached hydrogen (secondary N) is 1. The standard InChI is InChI=1S/C21H23N5O/c1-3-7-17(8-4-1)19(15-26-11-13-27-14-12-26)24-21-23-16-22-20(25-21)18-9-5-2-6-10-18/h1-10,16,19H,11-15H2,(H,22,23,24,25). The van der Waals surface area contributed by atoms with Gasteiger partial charge in [0.1, 0.15) is 6.33 Å². The summed E-state index contributed by atoms with van der Waals surface area (Å²) in [6.07, 6.45) is 1.56. The zero-order valence-electron chi connectivity index (χ0n) is 15.2. The summed E-state index contributed by atoms with van der Waals surface area (Å²) in [5.41, 5.74) is 2.19. The van der Waals surface area contributed by atoms with Gasteiger partial charge in [-0.2, -0.15) is 4.98 Å². The fourth-order valence-corrected chi connectivity index (χ4v) is 3.21. The smallest absolute Gasteiger partial charge is 0.226 e. The second-order valence-electron chi connectivity index (χ2n) is 6.52. The van der Waals surface area contributed by atoms with Crippen LogP contribution in [0.3, 0.4) is 0 Å². The topological polar surface area (TPSA) is 63.2 Å². The van der Waals surface area contributed by atoms with E-state index in [-0.39, 0.29) is 6.04 Å². The minimum atomic E-state index is 0.0929. The number of hydrogen-bond acceptors (Lipinski definition) is 6. The Kier molecular flexibility index (Phi) is 5.67. The van der Waals surface area contributed by atoms with E-state index in [0.717, 1.165) is 38.4 Å². The van der Waals surface area contributed by atoms with Gasteiger partial charge in [0.15, 0.2) is 5.82 Å². The largest absolute Gasteiger partial charge is 0.379 e. The molecule has 4 rings (SSSR count). The molecule has 1 aromatic heterocycles. The molecule has 1 saturated heterocycles. The van der Waals surface area contributed by atoms with Gasteiger partial charge < -0.3 is 10.1 Å². The van der Waals surface area contributed by atoms with Crippen molar-refractivity contribution in [3.63, 3.8) is 0 Å². The third-order valence-corrected chi connectivity index (χ3v) is 4.65. The van der Waals surface area contributed by atoms with Crippen LogP contribution in [0.4, 0.5) is 5.95 Å². The zero-order chi connectivity index (χ0) is 18.3. The maximum Gasteiger partial charge on any atom is 0.226 e. The first kappa shape index (κ1) is 17.6. The molecule has 138 valence electrons. The van der Waals surface area contributed by atoms with E-state index in [1.807, 2.05) is 36.4 Å². The van der Waals surface area contributed by atoms with Crippen LogP contribution in [0.1, 0.15) is 11.6 Å². The molecule has 0 saturated carbocycles. The van der Waals surface area contributed by atoms with E-state index >= 15 is 0 Å². The summed E-state index contributed by atoms with van der Waals surface area (Å²) >= 11 is 0. The molecule has 0 spiro atoms. The maximum atomic E-state index is 5.47. The molecular formula is C21H23N5O. The zero-order valence-corrected chi connectivity index (χ0v) is 15.2. The average Bonchev–Trinajstić information content (AvgIpc) is 2.75. The third kappa shape index (κ3) is 4.67. The van der Waals surface area contributed by atoms with E-state index in [9.17, 15) is 0 Å². The summed E-state index contributed by atoms with van der Waals surface area (Å²) < 4.78 is 5.47. The van der Waals surface area contributed by atoms with Crippen LogP contribution >= 0.6 is 0 Å². The Morgan fingerprint density at radius 3 is 2.37 bits per heavy atom. The molecule has 1 unspecified atom stereocenters. The van der Waals surface area contributed by atoms with Gasteiger partial charge in [0, 0.05) is 25.2 Å². The first-order valence-corrected chi connectivity index (χ1v) is 9.24. The van der Waals surface area contributed by atoms with Crippen LogP contribution in [-0.4, -0.2) is 52.7 Å². The van der Waals surface area contributed by atoms with E-state index in [1.54, 1.807) is 6.33 Å². The molecule has 2 heterocycles. The van der Waals surface area contributed by atoms with Crippen molar-refractivity contribution in [2.45, 2.75) is 6.04 Å². The normalized spacial score (nSPS) is 16.0. The Bertz CT molecular complexity index is 837. The quantitative estimate of drug-likeness (QED) is 0.728. The molecule has 6 heteroatoms. The second-order valence-corrected chi connectivity index (χ2v) is 6.52. The van der Waals surface area contributed by atoms with Gasteiger partial charge in [0.05, 0.1) is 19.3 Å². The van der Waals surface area contributed by atoms with Crippen molar-refractivity contribution in [2.24, 2.45) is 0 Å². The number of hydrogen-bond donors (Lipinski definition) is 1. The van der Waals surface area contributed by atoms with Crippen LogP contribution in [-0.2, 0) is 4.74 Å². The van der Waals surface area contributed by atoms with Crippen molar-refractivity contribution < 1.29 is 4.74 Å². The van der Waals surface area contributed by atoms with E-state index in [1.165, 1.54) is 5.56 Å². The molecule has 1 N–H and O–H groups in total. The van der Waals surface area contributed by atoms with Gasteiger partial charge in [-0.15, -0.1) is 0 Å². The Hall–Kier alpha value is -2.83. The van der Waals surface area contributed by atoms with Crippen molar-refractivity contribution in [1.82, 2.24) is 19.9 Å². The molecule has 0 aliphatic carbocycles. The third-order valence-electron chi connectivity index (χ3n) is 4.65. The molecule has 1 fully saturated rings. The van der Waals surface area contributed by atoms with Crippen LogP contribution in [0.2, 0.25) is 0 Å². The predicted octanol–water partition coefficient (Wildman–Crippen LogP) is 3.02. The molecule has 3 aromatic rings. The minimum absolute atomic E-state index is 0.0929. The highest BCUT2D eigenvalue weighted by Crippen LogP contribution is 2.21. The fraction of sp³-hybridized carbons (Fsp3) is 0.286. The molecule has 2 aromatic carbocycles. The van der Waals surface area contributed by atoms with Crippen molar-refractivity contribution in [3.8, 4) is 11.4 Å².